The van der Waals surface area contributed by atoms with Crippen LogP contribution in [-0.4, -0.2) is 23.7 Å². The van der Waals surface area contributed by atoms with Crippen LogP contribution in [0.25, 0.3) is 10.8 Å². The molecule has 0 saturated carbocycles. The van der Waals surface area contributed by atoms with Crippen LogP contribution in [-0.2, 0) is 4.79 Å². The Morgan fingerprint density at radius 3 is 2.60 bits per heavy atom. The molecule has 0 saturated heterocycles. The Morgan fingerprint density at radius 1 is 1.30 bits per heavy atom. The lowest BCUT2D eigenvalue weighted by Crippen LogP contribution is -2.36. The Morgan fingerprint density at radius 2 is 1.95 bits per heavy atom. The van der Waals surface area contributed by atoms with Crippen LogP contribution in [0.5, 0.6) is 11.5 Å². The standard InChI is InChI=1S/C16H19NO3/c1-3-8-17-16(19)11(2)20-15-10-13-7-5-4-6-12(13)9-14(15)18/h4-7,9-11,18H,3,8H2,1-2H3,(H,17,19). The lowest BCUT2D eigenvalue weighted by Gasteiger charge is -2.16. The highest BCUT2D eigenvalue weighted by Gasteiger charge is 2.16. The second-order valence-corrected chi connectivity index (χ2v) is 4.72. The van der Waals surface area contributed by atoms with Crippen molar-refractivity contribution >= 4 is 16.7 Å². The summed E-state index contributed by atoms with van der Waals surface area (Å²) in [6.45, 7) is 4.27. The molecule has 0 fully saturated rings. The molecule has 0 aromatic heterocycles. The van der Waals surface area contributed by atoms with Crippen LogP contribution in [0.15, 0.2) is 36.4 Å². The van der Waals surface area contributed by atoms with Crippen molar-refractivity contribution in [1.29, 1.82) is 0 Å². The average molecular weight is 273 g/mol. The zero-order valence-electron chi connectivity index (χ0n) is 11.7. The molecule has 20 heavy (non-hydrogen) atoms. The zero-order valence-corrected chi connectivity index (χ0v) is 11.7. The maximum Gasteiger partial charge on any atom is 0.260 e. The first kappa shape index (κ1) is 14.2. The molecule has 4 heteroatoms. The number of benzene rings is 2. The number of hydrogen-bond acceptors (Lipinski definition) is 3. The maximum atomic E-state index is 11.8. The smallest absolute Gasteiger partial charge is 0.260 e. The number of phenolic OH excluding ortho intramolecular Hbond substituents is 1. The fraction of sp³-hybridized carbons (Fsp3) is 0.312. The van der Waals surface area contributed by atoms with Crippen molar-refractivity contribution in [3.05, 3.63) is 36.4 Å². The fourth-order valence-corrected chi connectivity index (χ4v) is 1.94. The summed E-state index contributed by atoms with van der Waals surface area (Å²) in [4.78, 5) is 11.8. The number of hydrogen-bond donors (Lipinski definition) is 2. The van der Waals surface area contributed by atoms with E-state index in [4.69, 9.17) is 4.74 Å². The highest BCUT2D eigenvalue weighted by atomic mass is 16.5. The number of fused-ring (bicyclic) bond motifs is 1. The van der Waals surface area contributed by atoms with Gasteiger partial charge in [-0.25, -0.2) is 0 Å². The molecular weight excluding hydrogens is 254 g/mol. The molecule has 0 spiro atoms. The second-order valence-electron chi connectivity index (χ2n) is 4.72. The number of phenols is 1. The van der Waals surface area contributed by atoms with E-state index in [-0.39, 0.29) is 11.7 Å². The van der Waals surface area contributed by atoms with Gasteiger partial charge in [0.25, 0.3) is 5.91 Å². The van der Waals surface area contributed by atoms with Crippen LogP contribution in [0.1, 0.15) is 20.3 Å². The molecule has 0 aliphatic carbocycles. The maximum absolute atomic E-state index is 11.8. The summed E-state index contributed by atoms with van der Waals surface area (Å²) in [5.74, 6) is 0.182. The number of aromatic hydroxyl groups is 1. The van der Waals surface area contributed by atoms with Gasteiger partial charge in [0.2, 0.25) is 0 Å². The van der Waals surface area contributed by atoms with Crippen molar-refractivity contribution in [3.8, 4) is 11.5 Å². The minimum Gasteiger partial charge on any atom is -0.504 e. The van der Waals surface area contributed by atoms with Gasteiger partial charge >= 0.3 is 0 Å². The Kier molecular flexibility index (Phi) is 4.45. The fourth-order valence-electron chi connectivity index (χ4n) is 1.94. The lowest BCUT2D eigenvalue weighted by molar-refractivity contribution is -0.127. The van der Waals surface area contributed by atoms with Gasteiger partial charge in [-0.2, -0.15) is 0 Å². The van der Waals surface area contributed by atoms with E-state index in [1.165, 1.54) is 0 Å². The van der Waals surface area contributed by atoms with Crippen molar-refractivity contribution in [1.82, 2.24) is 5.32 Å². The number of rotatable bonds is 5. The molecule has 1 atom stereocenters. The van der Waals surface area contributed by atoms with Gasteiger partial charge in [0, 0.05) is 6.54 Å². The van der Waals surface area contributed by atoms with Crippen molar-refractivity contribution in [2.45, 2.75) is 26.4 Å². The molecule has 0 heterocycles. The average Bonchev–Trinajstić information content (AvgIpc) is 2.45. The Bertz CT molecular complexity index is 610. The predicted molar refractivity (Wildman–Crippen MR) is 79.0 cm³/mol. The molecule has 2 aromatic rings. The minimum atomic E-state index is -0.645. The molecule has 0 aliphatic heterocycles. The monoisotopic (exact) mass is 273 g/mol. The summed E-state index contributed by atoms with van der Waals surface area (Å²) in [7, 11) is 0. The van der Waals surface area contributed by atoms with E-state index in [2.05, 4.69) is 5.32 Å². The van der Waals surface area contributed by atoms with Gasteiger partial charge in [0.15, 0.2) is 17.6 Å². The summed E-state index contributed by atoms with van der Waals surface area (Å²) in [6, 6.07) is 11.1. The van der Waals surface area contributed by atoms with Crippen molar-refractivity contribution < 1.29 is 14.6 Å². The van der Waals surface area contributed by atoms with Crippen molar-refractivity contribution in [2.24, 2.45) is 0 Å². The Hall–Kier alpha value is -2.23. The van der Waals surface area contributed by atoms with E-state index >= 15 is 0 Å². The first-order valence-electron chi connectivity index (χ1n) is 6.78. The van der Waals surface area contributed by atoms with Crippen LogP contribution in [0, 0.1) is 0 Å². The molecule has 2 N–H and O–H groups in total. The van der Waals surface area contributed by atoms with Gasteiger partial charge in [-0.15, -0.1) is 0 Å². The van der Waals surface area contributed by atoms with Crippen LogP contribution in [0.4, 0.5) is 0 Å². The van der Waals surface area contributed by atoms with Gasteiger partial charge < -0.3 is 15.2 Å². The first-order valence-corrected chi connectivity index (χ1v) is 6.78. The molecule has 106 valence electrons. The van der Waals surface area contributed by atoms with Crippen molar-refractivity contribution in [2.75, 3.05) is 6.54 Å². The molecule has 4 nitrogen and oxygen atoms in total. The summed E-state index contributed by atoms with van der Waals surface area (Å²) >= 11 is 0. The number of carbonyl (C=O) groups is 1. The van der Waals surface area contributed by atoms with Gasteiger partial charge in [-0.05, 0) is 36.2 Å². The third kappa shape index (κ3) is 3.20. The van der Waals surface area contributed by atoms with Gasteiger partial charge in [0.05, 0.1) is 0 Å². The van der Waals surface area contributed by atoms with Crippen LogP contribution < -0.4 is 10.1 Å². The minimum absolute atomic E-state index is 0.0406. The highest BCUT2D eigenvalue weighted by Crippen LogP contribution is 2.31. The van der Waals surface area contributed by atoms with Crippen LogP contribution >= 0.6 is 0 Å². The van der Waals surface area contributed by atoms with Gasteiger partial charge in [0.1, 0.15) is 0 Å². The number of carbonyl (C=O) groups excluding carboxylic acids is 1. The van der Waals surface area contributed by atoms with E-state index in [0.29, 0.717) is 12.3 Å². The SMILES string of the molecule is CCCNC(=O)C(C)Oc1cc2ccccc2cc1O. The summed E-state index contributed by atoms with van der Waals surface area (Å²) in [5.41, 5.74) is 0. The number of amides is 1. The third-order valence-corrected chi connectivity index (χ3v) is 3.05. The number of ether oxygens (including phenoxy) is 1. The lowest BCUT2D eigenvalue weighted by atomic mass is 10.1. The summed E-state index contributed by atoms with van der Waals surface area (Å²) in [6.07, 6.45) is 0.230. The van der Waals surface area contributed by atoms with Crippen molar-refractivity contribution in [3.63, 3.8) is 0 Å². The number of nitrogens with one attached hydrogen (secondary N) is 1. The quantitative estimate of drug-likeness (QED) is 0.880. The van der Waals surface area contributed by atoms with E-state index < -0.39 is 6.10 Å². The molecule has 2 rings (SSSR count). The van der Waals surface area contributed by atoms with Crippen LogP contribution in [0.2, 0.25) is 0 Å². The summed E-state index contributed by atoms with van der Waals surface area (Å²) in [5, 5.41) is 14.6. The largest absolute Gasteiger partial charge is 0.504 e. The molecule has 1 amide bonds. The van der Waals surface area contributed by atoms with Gasteiger partial charge in [-0.3, -0.25) is 4.79 Å². The molecule has 0 bridgehead atoms. The third-order valence-electron chi connectivity index (χ3n) is 3.05. The highest BCUT2D eigenvalue weighted by molar-refractivity contribution is 5.86. The summed E-state index contributed by atoms with van der Waals surface area (Å²) < 4.78 is 5.55. The molecule has 0 radical (unpaired) electrons. The van der Waals surface area contributed by atoms with Gasteiger partial charge in [-0.1, -0.05) is 31.2 Å². The van der Waals surface area contributed by atoms with Crippen LogP contribution in [0.3, 0.4) is 0 Å². The predicted octanol–water partition coefficient (Wildman–Crippen LogP) is 2.84. The van der Waals surface area contributed by atoms with E-state index in [9.17, 15) is 9.90 Å². The second kappa shape index (κ2) is 6.28. The zero-order chi connectivity index (χ0) is 14.5. The first-order chi connectivity index (χ1) is 9.61. The van der Waals surface area contributed by atoms with E-state index in [1.54, 1.807) is 19.1 Å². The van der Waals surface area contributed by atoms with E-state index in [1.807, 2.05) is 31.2 Å². The molecule has 0 aliphatic rings. The topological polar surface area (TPSA) is 58.6 Å². The molecule has 2 aromatic carbocycles. The Labute approximate surface area is 118 Å². The molecular formula is C16H19NO3. The normalized spacial score (nSPS) is 12.1. The Balaban J connectivity index is 2.16. The van der Waals surface area contributed by atoms with E-state index in [0.717, 1.165) is 17.2 Å². The molecule has 1 unspecified atom stereocenters.